The quantitative estimate of drug-likeness (QED) is 0.800. The minimum absolute atomic E-state index is 0.630. The Kier molecular flexibility index (Phi) is 4.04. The average molecular weight is 249 g/mol. The van der Waals surface area contributed by atoms with Gasteiger partial charge < -0.3 is 0 Å². The van der Waals surface area contributed by atoms with Gasteiger partial charge in [0.15, 0.2) is 0 Å². The molecule has 1 aromatic rings. The largest absolute Gasteiger partial charge is 0.296 e. The number of hydrogen-bond acceptors (Lipinski definition) is 2. The van der Waals surface area contributed by atoms with Gasteiger partial charge in [-0.25, -0.2) is 0 Å². The molecule has 0 bridgehead atoms. The van der Waals surface area contributed by atoms with Gasteiger partial charge in [0.25, 0.3) is 0 Å². The number of rotatable bonds is 2. The van der Waals surface area contributed by atoms with Gasteiger partial charge in [0.05, 0.1) is 11.6 Å². The van der Waals surface area contributed by atoms with Crippen LogP contribution in [0.25, 0.3) is 0 Å². The summed E-state index contributed by atoms with van der Waals surface area (Å²) >= 11 is 6.20. The van der Waals surface area contributed by atoms with Crippen LogP contribution in [0.2, 0.25) is 5.02 Å². The van der Waals surface area contributed by atoms with Crippen LogP contribution in [0.3, 0.4) is 0 Å². The Morgan fingerprint density at radius 2 is 2.29 bits per heavy atom. The van der Waals surface area contributed by atoms with Gasteiger partial charge in [-0.3, -0.25) is 4.90 Å². The third kappa shape index (κ3) is 3.00. The van der Waals surface area contributed by atoms with E-state index in [1.54, 1.807) is 6.07 Å². The van der Waals surface area contributed by atoms with Crippen molar-refractivity contribution in [3.63, 3.8) is 0 Å². The molecule has 0 aliphatic carbocycles. The first kappa shape index (κ1) is 12.4. The maximum absolute atomic E-state index is 8.80. The van der Waals surface area contributed by atoms with E-state index < -0.39 is 0 Å². The Morgan fingerprint density at radius 1 is 1.47 bits per heavy atom. The molecule has 0 amide bonds. The summed E-state index contributed by atoms with van der Waals surface area (Å²) in [6.45, 7) is 4.32. The minimum atomic E-state index is 0.630. The number of hydrogen-bond donors (Lipinski definition) is 0. The van der Waals surface area contributed by atoms with Crippen molar-refractivity contribution >= 4 is 11.6 Å². The monoisotopic (exact) mass is 248 g/mol. The van der Waals surface area contributed by atoms with Crippen molar-refractivity contribution in [1.29, 1.82) is 5.26 Å². The normalized spacial score (nSPS) is 21.1. The average Bonchev–Trinajstić information content (AvgIpc) is 2.34. The summed E-state index contributed by atoms with van der Waals surface area (Å²) in [4.78, 5) is 2.47. The maximum atomic E-state index is 8.80. The molecule has 1 aromatic carbocycles. The van der Waals surface area contributed by atoms with Crippen LogP contribution in [0, 0.1) is 11.3 Å². The highest BCUT2D eigenvalue weighted by atomic mass is 35.5. The molecule has 2 nitrogen and oxygen atoms in total. The second-order valence-electron chi connectivity index (χ2n) is 4.73. The van der Waals surface area contributed by atoms with Crippen molar-refractivity contribution in [3.8, 4) is 6.07 Å². The van der Waals surface area contributed by atoms with Gasteiger partial charge >= 0.3 is 0 Å². The predicted octanol–water partition coefficient (Wildman–Crippen LogP) is 3.59. The SMILES string of the molecule is CC1CCCCN1Cc1ccc(C#N)cc1Cl. The lowest BCUT2D eigenvalue weighted by molar-refractivity contribution is 0.152. The summed E-state index contributed by atoms with van der Waals surface area (Å²) in [5, 5.41) is 9.51. The number of nitrogens with zero attached hydrogens (tertiary/aromatic N) is 2. The van der Waals surface area contributed by atoms with Crippen molar-refractivity contribution in [3.05, 3.63) is 34.3 Å². The Labute approximate surface area is 108 Å². The molecule has 1 fully saturated rings. The van der Waals surface area contributed by atoms with E-state index in [0.29, 0.717) is 16.6 Å². The Bertz CT molecular complexity index is 436. The zero-order valence-corrected chi connectivity index (χ0v) is 10.9. The second-order valence-corrected chi connectivity index (χ2v) is 5.14. The molecular weight excluding hydrogens is 232 g/mol. The molecule has 0 radical (unpaired) electrons. The summed E-state index contributed by atoms with van der Waals surface area (Å²) in [6.07, 6.45) is 3.88. The van der Waals surface area contributed by atoms with Crippen LogP contribution in [0.4, 0.5) is 0 Å². The number of piperidine rings is 1. The smallest absolute Gasteiger partial charge is 0.0992 e. The summed E-state index contributed by atoms with van der Waals surface area (Å²) < 4.78 is 0. The Morgan fingerprint density at radius 3 is 2.94 bits per heavy atom. The van der Waals surface area contributed by atoms with Gasteiger partial charge in [0.2, 0.25) is 0 Å². The molecule has 90 valence electrons. The third-order valence-electron chi connectivity index (χ3n) is 3.50. The molecular formula is C14H17ClN2. The number of likely N-dealkylation sites (tertiary alicyclic amines) is 1. The predicted molar refractivity (Wildman–Crippen MR) is 69.9 cm³/mol. The van der Waals surface area contributed by atoms with Crippen LogP contribution in [-0.4, -0.2) is 17.5 Å². The van der Waals surface area contributed by atoms with Gasteiger partial charge in [0, 0.05) is 17.6 Å². The van der Waals surface area contributed by atoms with Crippen molar-refractivity contribution in [2.45, 2.75) is 38.8 Å². The molecule has 3 heteroatoms. The molecule has 1 aliphatic rings. The molecule has 0 spiro atoms. The van der Waals surface area contributed by atoms with Crippen LogP contribution in [0.5, 0.6) is 0 Å². The van der Waals surface area contributed by atoms with E-state index in [9.17, 15) is 0 Å². The first-order valence-corrected chi connectivity index (χ1v) is 6.51. The van der Waals surface area contributed by atoms with E-state index in [2.05, 4.69) is 17.9 Å². The van der Waals surface area contributed by atoms with Crippen molar-refractivity contribution in [2.24, 2.45) is 0 Å². The Hall–Kier alpha value is -1.04. The highest BCUT2D eigenvalue weighted by molar-refractivity contribution is 6.31. The van der Waals surface area contributed by atoms with Crippen LogP contribution in [-0.2, 0) is 6.54 Å². The topological polar surface area (TPSA) is 27.0 Å². The van der Waals surface area contributed by atoms with E-state index >= 15 is 0 Å². The molecule has 1 heterocycles. The van der Waals surface area contributed by atoms with E-state index in [1.807, 2.05) is 12.1 Å². The third-order valence-corrected chi connectivity index (χ3v) is 3.85. The summed E-state index contributed by atoms with van der Waals surface area (Å²) in [7, 11) is 0. The standard InChI is InChI=1S/C14H17ClN2/c1-11-4-2-3-7-17(11)10-13-6-5-12(9-16)8-14(13)15/h5-6,8,11H,2-4,7,10H2,1H3. The molecule has 0 N–H and O–H groups in total. The first-order valence-electron chi connectivity index (χ1n) is 6.13. The van der Waals surface area contributed by atoms with E-state index in [4.69, 9.17) is 16.9 Å². The van der Waals surface area contributed by atoms with Gasteiger partial charge in [-0.1, -0.05) is 24.1 Å². The Balaban J connectivity index is 2.10. The summed E-state index contributed by atoms with van der Waals surface area (Å²) in [5.74, 6) is 0. The van der Waals surface area contributed by atoms with Gasteiger partial charge in [-0.2, -0.15) is 5.26 Å². The maximum Gasteiger partial charge on any atom is 0.0992 e. The lowest BCUT2D eigenvalue weighted by Crippen LogP contribution is -2.36. The van der Waals surface area contributed by atoms with Crippen LogP contribution < -0.4 is 0 Å². The van der Waals surface area contributed by atoms with Crippen LogP contribution >= 0.6 is 11.6 Å². The lowest BCUT2D eigenvalue weighted by atomic mass is 10.0. The van der Waals surface area contributed by atoms with Crippen LogP contribution in [0.1, 0.15) is 37.3 Å². The molecule has 1 aliphatic heterocycles. The zero-order valence-electron chi connectivity index (χ0n) is 10.1. The first-order chi connectivity index (χ1) is 8.20. The number of halogens is 1. The molecule has 1 atom stereocenters. The lowest BCUT2D eigenvalue weighted by Gasteiger charge is -2.33. The number of benzene rings is 1. The van der Waals surface area contributed by atoms with Gasteiger partial charge in [-0.05, 0) is 44.0 Å². The van der Waals surface area contributed by atoms with Crippen LogP contribution in [0.15, 0.2) is 18.2 Å². The van der Waals surface area contributed by atoms with Crippen molar-refractivity contribution in [2.75, 3.05) is 6.54 Å². The molecule has 0 saturated carbocycles. The second kappa shape index (κ2) is 5.53. The van der Waals surface area contributed by atoms with E-state index in [0.717, 1.165) is 18.7 Å². The summed E-state index contributed by atoms with van der Waals surface area (Å²) in [6, 6.07) is 8.32. The molecule has 2 rings (SSSR count). The minimum Gasteiger partial charge on any atom is -0.296 e. The van der Waals surface area contributed by atoms with Crippen molar-refractivity contribution < 1.29 is 0 Å². The molecule has 0 aromatic heterocycles. The fraction of sp³-hybridized carbons (Fsp3) is 0.500. The fourth-order valence-corrected chi connectivity index (χ4v) is 2.60. The van der Waals surface area contributed by atoms with Crippen molar-refractivity contribution in [1.82, 2.24) is 4.90 Å². The highest BCUT2D eigenvalue weighted by Crippen LogP contribution is 2.23. The fourth-order valence-electron chi connectivity index (χ4n) is 2.36. The van der Waals surface area contributed by atoms with E-state index in [1.165, 1.54) is 19.3 Å². The van der Waals surface area contributed by atoms with Gasteiger partial charge in [0.1, 0.15) is 0 Å². The molecule has 1 saturated heterocycles. The molecule has 1 unspecified atom stereocenters. The summed E-state index contributed by atoms with van der Waals surface area (Å²) in [5.41, 5.74) is 1.75. The zero-order chi connectivity index (χ0) is 12.3. The number of nitriles is 1. The highest BCUT2D eigenvalue weighted by Gasteiger charge is 2.18. The molecule has 17 heavy (non-hydrogen) atoms. The van der Waals surface area contributed by atoms with Gasteiger partial charge in [-0.15, -0.1) is 0 Å². The van der Waals surface area contributed by atoms with E-state index in [-0.39, 0.29) is 0 Å².